The number of benzene rings is 1. The number of fused-ring (bicyclic) bond motifs is 1. The number of ether oxygens (including phenoxy) is 2. The van der Waals surface area contributed by atoms with Crippen LogP contribution in [0.1, 0.15) is 29.6 Å². The first kappa shape index (κ1) is 16.1. The molecule has 0 radical (unpaired) electrons. The summed E-state index contributed by atoms with van der Waals surface area (Å²) in [5.41, 5.74) is 0.528. The number of sulfonamides is 1. The molecule has 0 spiro atoms. The summed E-state index contributed by atoms with van der Waals surface area (Å²) in [5, 5.41) is 0. The van der Waals surface area contributed by atoms with Crippen molar-refractivity contribution in [3.05, 3.63) is 23.8 Å². The predicted octanol–water partition coefficient (Wildman–Crippen LogP) is 0.959. The minimum Gasteiger partial charge on any atom is -0.454 e. The Labute approximate surface area is 135 Å². The van der Waals surface area contributed by atoms with E-state index in [0.717, 1.165) is 25.5 Å². The maximum atomic E-state index is 12.8. The lowest BCUT2D eigenvalue weighted by Gasteiger charge is -2.35. The first-order valence-electron chi connectivity index (χ1n) is 7.59. The first-order valence-corrected chi connectivity index (χ1v) is 9.48. The summed E-state index contributed by atoms with van der Waals surface area (Å²) in [6.45, 7) is 1.04. The van der Waals surface area contributed by atoms with Gasteiger partial charge in [-0.05, 0) is 37.5 Å². The number of hydrogen-bond acceptors (Lipinski definition) is 5. The van der Waals surface area contributed by atoms with Gasteiger partial charge in [0.2, 0.25) is 16.8 Å². The molecule has 7 nitrogen and oxygen atoms in total. The highest BCUT2D eigenvalue weighted by molar-refractivity contribution is 7.88. The summed E-state index contributed by atoms with van der Waals surface area (Å²) in [7, 11) is -3.27. The third-order valence-electron chi connectivity index (χ3n) is 4.09. The largest absolute Gasteiger partial charge is 0.454 e. The molecule has 1 fully saturated rings. The maximum Gasteiger partial charge on any atom is 0.254 e. The van der Waals surface area contributed by atoms with Gasteiger partial charge in [0.05, 0.1) is 6.26 Å². The standard InChI is InChI=1S/C15H20N2O5S/c1-23(19,20)16-9-12-4-2-3-7-17(12)15(18)11-5-6-13-14(8-11)22-10-21-13/h5-6,8,12,16H,2-4,7,9-10H2,1H3. The van der Waals surface area contributed by atoms with E-state index in [2.05, 4.69) is 4.72 Å². The number of nitrogens with zero attached hydrogens (tertiary/aromatic N) is 1. The molecule has 2 aliphatic heterocycles. The molecule has 1 N–H and O–H groups in total. The molecule has 0 aliphatic carbocycles. The van der Waals surface area contributed by atoms with Crippen molar-refractivity contribution in [2.24, 2.45) is 0 Å². The van der Waals surface area contributed by atoms with E-state index in [4.69, 9.17) is 9.47 Å². The van der Waals surface area contributed by atoms with Gasteiger partial charge in [0.1, 0.15) is 0 Å². The zero-order valence-corrected chi connectivity index (χ0v) is 13.8. The van der Waals surface area contributed by atoms with Crippen molar-refractivity contribution >= 4 is 15.9 Å². The van der Waals surface area contributed by atoms with Crippen molar-refractivity contribution in [3.63, 3.8) is 0 Å². The van der Waals surface area contributed by atoms with E-state index in [1.165, 1.54) is 0 Å². The number of rotatable bonds is 4. The summed E-state index contributed by atoms with van der Waals surface area (Å²) in [6.07, 6.45) is 3.82. The SMILES string of the molecule is CS(=O)(=O)NCC1CCCCN1C(=O)c1ccc2c(c1)OCO2. The van der Waals surface area contributed by atoms with Crippen molar-refractivity contribution in [2.75, 3.05) is 26.1 Å². The highest BCUT2D eigenvalue weighted by Crippen LogP contribution is 2.33. The van der Waals surface area contributed by atoms with Crippen molar-refractivity contribution in [1.29, 1.82) is 0 Å². The summed E-state index contributed by atoms with van der Waals surface area (Å²) in [5.74, 6) is 1.09. The van der Waals surface area contributed by atoms with E-state index in [-0.39, 0.29) is 25.3 Å². The molecule has 3 rings (SSSR count). The van der Waals surface area contributed by atoms with Crippen molar-refractivity contribution < 1.29 is 22.7 Å². The maximum absolute atomic E-state index is 12.8. The van der Waals surface area contributed by atoms with E-state index in [0.29, 0.717) is 23.6 Å². The minimum atomic E-state index is -3.27. The van der Waals surface area contributed by atoms with Crippen LogP contribution < -0.4 is 14.2 Å². The molecular formula is C15H20N2O5S. The Morgan fingerprint density at radius 2 is 2.09 bits per heavy atom. The average Bonchev–Trinajstić information content (AvgIpc) is 2.99. The Bertz CT molecular complexity index is 704. The van der Waals surface area contributed by atoms with Gasteiger partial charge in [-0.3, -0.25) is 4.79 Å². The highest BCUT2D eigenvalue weighted by Gasteiger charge is 2.29. The molecule has 1 atom stereocenters. The lowest BCUT2D eigenvalue weighted by Crippen LogP contribution is -2.49. The van der Waals surface area contributed by atoms with Crippen molar-refractivity contribution in [2.45, 2.75) is 25.3 Å². The van der Waals surface area contributed by atoms with Gasteiger partial charge in [-0.15, -0.1) is 0 Å². The predicted molar refractivity (Wildman–Crippen MR) is 84.1 cm³/mol. The van der Waals surface area contributed by atoms with Crippen molar-refractivity contribution in [3.8, 4) is 11.5 Å². The van der Waals surface area contributed by atoms with Crippen LogP contribution in [0.5, 0.6) is 11.5 Å². The molecule has 2 heterocycles. The number of carbonyl (C=O) groups excluding carboxylic acids is 1. The van der Waals surface area contributed by atoms with Gasteiger partial charge in [0.15, 0.2) is 11.5 Å². The number of hydrogen-bond donors (Lipinski definition) is 1. The van der Waals surface area contributed by atoms with Crippen molar-refractivity contribution in [1.82, 2.24) is 9.62 Å². The Kier molecular flexibility index (Phi) is 4.45. The lowest BCUT2D eigenvalue weighted by atomic mass is 10.0. The molecule has 1 amide bonds. The molecule has 2 aliphatic rings. The molecular weight excluding hydrogens is 320 g/mol. The van der Waals surface area contributed by atoms with Gasteiger partial charge in [-0.2, -0.15) is 0 Å². The van der Waals surface area contributed by atoms with Crippen LogP contribution in [-0.4, -0.2) is 51.4 Å². The number of carbonyl (C=O) groups is 1. The fourth-order valence-electron chi connectivity index (χ4n) is 2.92. The van der Waals surface area contributed by atoms with Gasteiger partial charge in [-0.25, -0.2) is 13.1 Å². The van der Waals surface area contributed by atoms with Gasteiger partial charge < -0.3 is 14.4 Å². The molecule has 1 aromatic carbocycles. The topological polar surface area (TPSA) is 84.9 Å². The van der Waals surface area contributed by atoms with Gasteiger partial charge in [0.25, 0.3) is 5.91 Å². The van der Waals surface area contributed by atoms with E-state index in [1.54, 1.807) is 23.1 Å². The van der Waals surface area contributed by atoms with Crippen LogP contribution in [0.2, 0.25) is 0 Å². The molecule has 0 aromatic heterocycles. The van der Waals surface area contributed by atoms with E-state index >= 15 is 0 Å². The molecule has 126 valence electrons. The van der Waals surface area contributed by atoms with Gasteiger partial charge in [-0.1, -0.05) is 0 Å². The van der Waals surface area contributed by atoms with Crippen LogP contribution in [0.4, 0.5) is 0 Å². The van der Waals surface area contributed by atoms with Gasteiger partial charge in [0, 0.05) is 24.7 Å². The van der Waals surface area contributed by atoms with Crippen LogP contribution in [0.3, 0.4) is 0 Å². The third-order valence-corrected chi connectivity index (χ3v) is 4.78. The molecule has 23 heavy (non-hydrogen) atoms. The summed E-state index contributed by atoms with van der Waals surface area (Å²) in [4.78, 5) is 14.5. The zero-order chi connectivity index (χ0) is 16.4. The summed E-state index contributed by atoms with van der Waals surface area (Å²) >= 11 is 0. The second-order valence-corrected chi connectivity index (χ2v) is 7.67. The third kappa shape index (κ3) is 3.76. The number of nitrogens with one attached hydrogen (secondary N) is 1. The minimum absolute atomic E-state index is 0.108. The molecule has 0 bridgehead atoms. The number of piperidine rings is 1. The number of amides is 1. The zero-order valence-electron chi connectivity index (χ0n) is 12.9. The van der Waals surface area contributed by atoms with E-state index < -0.39 is 10.0 Å². The molecule has 1 aromatic rings. The van der Waals surface area contributed by atoms with Crippen LogP contribution in [0.25, 0.3) is 0 Å². The smallest absolute Gasteiger partial charge is 0.254 e. The monoisotopic (exact) mass is 340 g/mol. The second-order valence-electron chi connectivity index (χ2n) is 5.84. The molecule has 8 heteroatoms. The Morgan fingerprint density at radius 3 is 2.87 bits per heavy atom. The summed E-state index contributed by atoms with van der Waals surface area (Å²) < 4.78 is 35.7. The lowest BCUT2D eigenvalue weighted by molar-refractivity contribution is 0.0618. The quantitative estimate of drug-likeness (QED) is 0.882. The van der Waals surface area contributed by atoms with E-state index in [1.807, 2.05) is 0 Å². The highest BCUT2D eigenvalue weighted by atomic mass is 32.2. The average molecular weight is 340 g/mol. The van der Waals surface area contributed by atoms with Crippen LogP contribution in [0, 0.1) is 0 Å². The Balaban J connectivity index is 1.75. The molecule has 0 saturated carbocycles. The number of likely N-dealkylation sites (tertiary alicyclic amines) is 1. The van der Waals surface area contributed by atoms with Crippen LogP contribution in [-0.2, 0) is 10.0 Å². The van der Waals surface area contributed by atoms with Gasteiger partial charge >= 0.3 is 0 Å². The van der Waals surface area contributed by atoms with Crippen LogP contribution >= 0.6 is 0 Å². The molecule has 1 unspecified atom stereocenters. The first-order chi connectivity index (χ1) is 10.9. The fraction of sp³-hybridized carbons (Fsp3) is 0.533. The molecule has 1 saturated heterocycles. The second kappa shape index (κ2) is 6.37. The van der Waals surface area contributed by atoms with E-state index in [9.17, 15) is 13.2 Å². The summed E-state index contributed by atoms with van der Waals surface area (Å²) in [6, 6.07) is 4.99. The Morgan fingerprint density at radius 1 is 1.30 bits per heavy atom. The normalized spacial score (nSPS) is 20.6. The fourth-order valence-corrected chi connectivity index (χ4v) is 3.42. The Hall–Kier alpha value is -1.80. The van der Waals surface area contributed by atoms with Crippen LogP contribution in [0.15, 0.2) is 18.2 Å².